The molecule has 188 valence electrons. The molecule has 10 atom stereocenters. The van der Waals surface area contributed by atoms with Crippen molar-refractivity contribution in [3.05, 3.63) is 28.4 Å². The van der Waals surface area contributed by atoms with Crippen LogP contribution in [0.25, 0.3) is 0 Å². The number of hydrogen-bond donors (Lipinski definition) is 7. The van der Waals surface area contributed by atoms with Gasteiger partial charge in [-0.3, -0.25) is 0 Å². The summed E-state index contributed by atoms with van der Waals surface area (Å²) >= 11 is 6.57. The number of benzene rings is 1. The minimum absolute atomic E-state index is 0.0793. The minimum Gasteiger partial charge on any atom is -0.394 e. The summed E-state index contributed by atoms with van der Waals surface area (Å²) in [5.74, 6) is 0. The molecule has 1 aromatic rings. The average Bonchev–Trinajstić information content (AvgIpc) is 2.79. The Bertz CT molecular complexity index is 798. The first-order valence-electron chi connectivity index (χ1n) is 9.92. The Morgan fingerprint density at radius 3 is 2.00 bits per heavy atom. The highest BCUT2D eigenvalue weighted by molar-refractivity contribution is 14.1. The molecule has 0 amide bonds. The molecule has 11 nitrogen and oxygen atoms in total. The van der Waals surface area contributed by atoms with Gasteiger partial charge >= 0.3 is 0 Å². The number of halogens is 3. The van der Waals surface area contributed by atoms with Crippen molar-refractivity contribution in [1.29, 1.82) is 0 Å². The fourth-order valence-corrected chi connectivity index (χ4v) is 6.01. The maximum atomic E-state index is 10.7. The van der Waals surface area contributed by atoms with Gasteiger partial charge in [0.2, 0.25) is 0 Å². The van der Waals surface area contributed by atoms with Gasteiger partial charge in [-0.1, -0.05) is 0 Å². The van der Waals surface area contributed by atoms with E-state index in [1.54, 1.807) is 0 Å². The second kappa shape index (κ2) is 12.5. The highest BCUT2D eigenvalue weighted by Crippen LogP contribution is 2.30. The number of hydrogen-bond acceptors (Lipinski definition) is 11. The lowest BCUT2D eigenvalue weighted by Gasteiger charge is -2.45. The third-order valence-electron chi connectivity index (χ3n) is 5.43. The molecule has 2 aliphatic rings. The van der Waals surface area contributed by atoms with Crippen molar-refractivity contribution in [2.75, 3.05) is 13.2 Å². The zero-order valence-corrected chi connectivity index (χ0v) is 23.4. The highest BCUT2D eigenvalue weighted by atomic mass is 127. The third-order valence-corrected chi connectivity index (χ3v) is 9.21. The van der Waals surface area contributed by atoms with Crippen molar-refractivity contribution in [3.63, 3.8) is 0 Å². The minimum atomic E-state index is -1.72. The first-order valence-corrected chi connectivity index (χ1v) is 13.2. The third kappa shape index (κ3) is 6.46. The summed E-state index contributed by atoms with van der Waals surface area (Å²) in [7, 11) is 0. The van der Waals surface area contributed by atoms with Crippen LogP contribution in [-0.4, -0.2) is 110 Å². The van der Waals surface area contributed by atoms with Crippen molar-refractivity contribution in [2.45, 2.75) is 68.0 Å². The molecule has 7 N–H and O–H groups in total. The largest absolute Gasteiger partial charge is 0.394 e. The van der Waals surface area contributed by atoms with Crippen molar-refractivity contribution in [1.82, 2.24) is 0 Å². The summed E-state index contributed by atoms with van der Waals surface area (Å²) in [5.41, 5.74) is 0.859. The monoisotopic (exact) mass is 810 g/mol. The predicted molar refractivity (Wildman–Crippen MR) is 136 cm³/mol. The van der Waals surface area contributed by atoms with Gasteiger partial charge in [-0.15, -0.1) is 0 Å². The summed E-state index contributed by atoms with van der Waals surface area (Å²) in [6.07, 6.45) is -14.8. The quantitative estimate of drug-likeness (QED) is 0.128. The van der Waals surface area contributed by atoms with E-state index in [0.717, 1.165) is 16.3 Å². The summed E-state index contributed by atoms with van der Waals surface area (Å²) in [4.78, 5) is 0. The molecule has 2 aliphatic heterocycles. The SMILES string of the molecule is OC[C@H]1O[C@@H](O[C@H]2[C@H](O)[C@@H](O)[C@@H](OCc3cc(I)cc(I)c3I)O[C@@H]2CO)[C@H](O)[C@@H](O)[C@H]1O. The van der Waals surface area contributed by atoms with Gasteiger partial charge in [0, 0.05) is 10.7 Å². The Morgan fingerprint density at radius 2 is 1.36 bits per heavy atom. The molecule has 33 heavy (non-hydrogen) atoms. The fraction of sp³-hybridized carbons (Fsp3) is 0.684. The van der Waals surface area contributed by atoms with Crippen molar-refractivity contribution in [3.8, 4) is 0 Å². The Kier molecular flexibility index (Phi) is 10.8. The molecule has 14 heteroatoms. The summed E-state index contributed by atoms with van der Waals surface area (Å²) in [5, 5.41) is 70.3. The van der Waals surface area contributed by atoms with Crippen LogP contribution in [0.5, 0.6) is 0 Å². The van der Waals surface area contributed by atoms with E-state index >= 15 is 0 Å². The second-order valence-electron chi connectivity index (χ2n) is 7.68. The molecule has 0 radical (unpaired) electrons. The van der Waals surface area contributed by atoms with E-state index in [9.17, 15) is 35.7 Å². The molecule has 0 saturated carbocycles. The number of rotatable bonds is 7. The van der Waals surface area contributed by atoms with Crippen LogP contribution in [0.1, 0.15) is 5.56 Å². The lowest BCUT2D eigenvalue weighted by molar-refractivity contribution is -0.360. The van der Waals surface area contributed by atoms with Crippen LogP contribution in [0.15, 0.2) is 12.1 Å². The molecule has 1 aromatic carbocycles. The first kappa shape index (κ1) is 28.5. The molecule has 0 aromatic heterocycles. The van der Waals surface area contributed by atoms with E-state index in [-0.39, 0.29) is 6.61 Å². The first-order chi connectivity index (χ1) is 15.6. The van der Waals surface area contributed by atoms with Gasteiger partial charge in [0.15, 0.2) is 12.6 Å². The van der Waals surface area contributed by atoms with Gasteiger partial charge in [-0.2, -0.15) is 0 Å². The Balaban J connectivity index is 1.69. The molecule has 2 heterocycles. The molecule has 3 rings (SSSR count). The highest BCUT2D eigenvalue weighted by Gasteiger charge is 2.50. The standard InChI is InChI=1S/C19H25I3O11/c20-7-1-6(11(22)8(21)2-7)5-30-18-16(29)14(27)17(10(4-24)32-18)33-19-15(28)13(26)12(25)9(3-23)31-19/h1-2,9-10,12-19,23-29H,3-5H2/t9-,10-,12+,13+,14-,15-,16-,17-,18+,19+/m1/s1. The van der Waals surface area contributed by atoms with E-state index in [0.29, 0.717) is 0 Å². The predicted octanol–water partition coefficient (Wildman–Crippen LogP) is -1.36. The molecule has 0 unspecified atom stereocenters. The Hall–Kier alpha value is 0.970. The van der Waals surface area contributed by atoms with E-state index in [1.165, 1.54) is 0 Å². The molecular weight excluding hydrogens is 785 g/mol. The Labute approximate surface area is 230 Å². The molecule has 2 fully saturated rings. The smallest absolute Gasteiger partial charge is 0.187 e. The van der Waals surface area contributed by atoms with Crippen molar-refractivity contribution >= 4 is 67.8 Å². The lowest BCUT2D eigenvalue weighted by Crippen LogP contribution is -2.64. The van der Waals surface area contributed by atoms with Crippen molar-refractivity contribution in [2.24, 2.45) is 0 Å². The maximum absolute atomic E-state index is 10.7. The van der Waals surface area contributed by atoms with Crippen LogP contribution in [0.2, 0.25) is 0 Å². The van der Waals surface area contributed by atoms with Crippen LogP contribution >= 0.6 is 67.8 Å². The van der Waals surface area contributed by atoms with Gasteiger partial charge in [0.1, 0.15) is 48.8 Å². The lowest BCUT2D eigenvalue weighted by atomic mass is 9.97. The van der Waals surface area contributed by atoms with Crippen LogP contribution in [0.3, 0.4) is 0 Å². The van der Waals surface area contributed by atoms with Crippen LogP contribution in [-0.2, 0) is 25.6 Å². The van der Waals surface area contributed by atoms with E-state index in [4.69, 9.17) is 18.9 Å². The number of aliphatic hydroxyl groups excluding tert-OH is 7. The molecular formula is C19H25I3O11. The molecule has 0 aliphatic carbocycles. The van der Waals surface area contributed by atoms with Gasteiger partial charge < -0.3 is 54.7 Å². The maximum Gasteiger partial charge on any atom is 0.187 e. The summed E-state index contributed by atoms with van der Waals surface area (Å²) in [6, 6.07) is 3.93. The molecule has 2 saturated heterocycles. The molecule has 0 spiro atoms. The van der Waals surface area contributed by atoms with Crippen molar-refractivity contribution < 1.29 is 54.7 Å². The zero-order chi connectivity index (χ0) is 24.4. The van der Waals surface area contributed by atoms with Crippen LogP contribution in [0, 0.1) is 10.7 Å². The molecule has 0 bridgehead atoms. The summed E-state index contributed by atoms with van der Waals surface area (Å²) < 4.78 is 25.1. The second-order valence-corrected chi connectivity index (χ2v) is 11.2. The van der Waals surface area contributed by atoms with Gasteiger partial charge in [0.25, 0.3) is 0 Å². The zero-order valence-electron chi connectivity index (χ0n) is 16.9. The van der Waals surface area contributed by atoms with Gasteiger partial charge in [-0.05, 0) is 85.5 Å². The van der Waals surface area contributed by atoms with Crippen LogP contribution in [0.4, 0.5) is 0 Å². The fourth-order valence-electron chi connectivity index (χ4n) is 3.58. The number of ether oxygens (including phenoxy) is 4. The Morgan fingerprint density at radius 1 is 0.758 bits per heavy atom. The number of aliphatic hydroxyl groups is 7. The van der Waals surface area contributed by atoms with E-state index in [2.05, 4.69) is 67.8 Å². The average molecular weight is 810 g/mol. The summed E-state index contributed by atoms with van der Waals surface area (Å²) in [6.45, 7) is -1.20. The van der Waals surface area contributed by atoms with E-state index < -0.39 is 74.6 Å². The topological polar surface area (TPSA) is 179 Å². The van der Waals surface area contributed by atoms with Gasteiger partial charge in [-0.25, -0.2) is 0 Å². The van der Waals surface area contributed by atoms with Crippen LogP contribution < -0.4 is 0 Å². The van der Waals surface area contributed by atoms with Gasteiger partial charge in [0.05, 0.1) is 19.8 Å². The normalized spacial score (nSPS) is 39.6. The van der Waals surface area contributed by atoms with E-state index in [1.807, 2.05) is 12.1 Å².